The quantitative estimate of drug-likeness (QED) is 0.314. The molecular weight excluding hydrogens is 420 g/mol. The number of nitrogens with zero attached hydrogens (tertiary/aromatic N) is 4. The molecule has 0 amide bonds. The Morgan fingerprint density at radius 3 is 2.75 bits per heavy atom. The average molecular weight is 447 g/mol. The molecule has 32 heavy (non-hydrogen) atoms. The molecule has 0 spiro atoms. The highest BCUT2D eigenvalue weighted by molar-refractivity contribution is 7.14. The summed E-state index contributed by atoms with van der Waals surface area (Å²) in [6, 6.07) is 8.36. The van der Waals surface area contributed by atoms with Gasteiger partial charge in [-0.1, -0.05) is 11.3 Å². The first-order valence-corrected chi connectivity index (χ1v) is 11.5. The highest BCUT2D eigenvalue weighted by atomic mass is 32.1. The van der Waals surface area contributed by atoms with Crippen LogP contribution in [0.1, 0.15) is 42.3 Å². The third-order valence-electron chi connectivity index (χ3n) is 5.91. The zero-order valence-corrected chi connectivity index (χ0v) is 19.0. The van der Waals surface area contributed by atoms with Gasteiger partial charge in [0.05, 0.1) is 22.5 Å². The number of rotatable bonds is 7. The minimum Gasteiger partial charge on any atom is -0.387 e. The number of pyridine rings is 1. The van der Waals surface area contributed by atoms with Crippen LogP contribution in [0.2, 0.25) is 0 Å². The van der Waals surface area contributed by atoms with Crippen molar-refractivity contribution in [1.82, 2.24) is 25.5 Å². The van der Waals surface area contributed by atoms with E-state index in [4.69, 9.17) is 10.7 Å². The molecule has 1 fully saturated rings. The van der Waals surface area contributed by atoms with Gasteiger partial charge in [0.25, 0.3) is 0 Å². The summed E-state index contributed by atoms with van der Waals surface area (Å²) >= 11 is 1.66. The second kappa shape index (κ2) is 9.85. The van der Waals surface area contributed by atoms with E-state index in [0.29, 0.717) is 12.0 Å². The lowest BCUT2D eigenvalue weighted by Gasteiger charge is -2.26. The molecule has 3 aromatic rings. The van der Waals surface area contributed by atoms with Crippen molar-refractivity contribution in [2.45, 2.75) is 37.6 Å². The molecule has 3 heterocycles. The molecule has 0 aliphatic heterocycles. The topological polar surface area (TPSA) is 126 Å². The van der Waals surface area contributed by atoms with Gasteiger partial charge in [0, 0.05) is 42.8 Å². The van der Waals surface area contributed by atoms with Crippen LogP contribution in [0.15, 0.2) is 30.0 Å². The Kier molecular flexibility index (Phi) is 6.73. The summed E-state index contributed by atoms with van der Waals surface area (Å²) in [5.74, 6) is 0.487. The van der Waals surface area contributed by atoms with E-state index < -0.39 is 0 Å². The molecule has 9 heteroatoms. The molecule has 0 atom stereocenters. The SMILES string of the molecule is CNc1cc(-c2ccc(/C=C(/C#N)C=N)[nH]2)ncc1-c1nnc(C2CCC(NC)CC2)s1. The predicted octanol–water partition coefficient (Wildman–Crippen LogP) is 4.44. The first kappa shape index (κ1) is 21.9. The molecule has 4 rings (SSSR count). The second-order valence-corrected chi connectivity index (χ2v) is 8.84. The van der Waals surface area contributed by atoms with E-state index in [1.807, 2.05) is 44.6 Å². The van der Waals surface area contributed by atoms with Crippen LogP contribution < -0.4 is 10.6 Å². The third kappa shape index (κ3) is 4.61. The molecule has 0 aromatic carbocycles. The van der Waals surface area contributed by atoms with E-state index >= 15 is 0 Å². The van der Waals surface area contributed by atoms with Gasteiger partial charge in [-0.15, -0.1) is 10.2 Å². The lowest BCUT2D eigenvalue weighted by molar-refractivity contribution is 0.357. The predicted molar refractivity (Wildman–Crippen MR) is 129 cm³/mol. The van der Waals surface area contributed by atoms with Crippen molar-refractivity contribution < 1.29 is 0 Å². The second-order valence-electron chi connectivity index (χ2n) is 7.83. The molecule has 8 nitrogen and oxygen atoms in total. The van der Waals surface area contributed by atoms with Gasteiger partial charge in [0.1, 0.15) is 11.1 Å². The first-order chi connectivity index (χ1) is 15.6. The molecule has 1 aliphatic rings. The molecule has 0 saturated heterocycles. The van der Waals surface area contributed by atoms with Gasteiger partial charge in [-0.3, -0.25) is 4.98 Å². The number of hydrogen-bond acceptors (Lipinski definition) is 8. The Balaban J connectivity index is 1.56. The molecule has 3 aromatic heterocycles. The van der Waals surface area contributed by atoms with E-state index in [9.17, 15) is 0 Å². The Morgan fingerprint density at radius 1 is 1.25 bits per heavy atom. The molecule has 0 radical (unpaired) electrons. The number of H-pyrrole nitrogens is 1. The molecule has 1 saturated carbocycles. The van der Waals surface area contributed by atoms with Crippen molar-refractivity contribution in [3.63, 3.8) is 0 Å². The maximum Gasteiger partial charge on any atom is 0.151 e. The smallest absolute Gasteiger partial charge is 0.151 e. The van der Waals surface area contributed by atoms with Crippen molar-refractivity contribution in [3.05, 3.63) is 40.7 Å². The van der Waals surface area contributed by atoms with Crippen LogP contribution in [0, 0.1) is 16.7 Å². The van der Waals surface area contributed by atoms with E-state index in [1.54, 1.807) is 17.4 Å². The Bertz CT molecular complexity index is 1160. The monoisotopic (exact) mass is 446 g/mol. The van der Waals surface area contributed by atoms with Crippen LogP contribution >= 0.6 is 11.3 Å². The van der Waals surface area contributed by atoms with Crippen LogP contribution in [0.5, 0.6) is 0 Å². The van der Waals surface area contributed by atoms with Crippen molar-refractivity contribution in [3.8, 4) is 28.0 Å². The minimum atomic E-state index is 0.282. The first-order valence-electron chi connectivity index (χ1n) is 10.7. The van der Waals surface area contributed by atoms with E-state index in [2.05, 4.69) is 30.8 Å². The summed E-state index contributed by atoms with van der Waals surface area (Å²) in [5.41, 5.74) is 4.51. The van der Waals surface area contributed by atoms with E-state index in [1.165, 1.54) is 12.8 Å². The largest absolute Gasteiger partial charge is 0.387 e. The summed E-state index contributed by atoms with van der Waals surface area (Å²) in [5, 5.41) is 33.9. The molecule has 164 valence electrons. The summed E-state index contributed by atoms with van der Waals surface area (Å²) < 4.78 is 0. The van der Waals surface area contributed by atoms with Gasteiger partial charge in [-0.25, -0.2) is 0 Å². The van der Waals surface area contributed by atoms with Crippen molar-refractivity contribution in [1.29, 1.82) is 10.7 Å². The van der Waals surface area contributed by atoms with Gasteiger partial charge in [0.2, 0.25) is 0 Å². The lowest BCUT2D eigenvalue weighted by atomic mass is 9.86. The van der Waals surface area contributed by atoms with Gasteiger partial charge in [0.15, 0.2) is 5.01 Å². The van der Waals surface area contributed by atoms with E-state index in [0.717, 1.165) is 57.4 Å². The van der Waals surface area contributed by atoms with Crippen LogP contribution in [0.25, 0.3) is 28.0 Å². The average Bonchev–Trinajstić information content (AvgIpc) is 3.52. The molecule has 0 bridgehead atoms. The number of allylic oxidation sites excluding steroid dienone is 1. The summed E-state index contributed by atoms with van der Waals surface area (Å²) in [6.45, 7) is 0. The normalized spacial score (nSPS) is 18.8. The lowest BCUT2D eigenvalue weighted by Crippen LogP contribution is -2.29. The Morgan fingerprint density at radius 2 is 2.06 bits per heavy atom. The zero-order valence-electron chi connectivity index (χ0n) is 18.1. The number of nitrogens with one attached hydrogen (secondary N) is 4. The molecular formula is C23H26N8S. The van der Waals surface area contributed by atoms with Gasteiger partial charge >= 0.3 is 0 Å². The summed E-state index contributed by atoms with van der Waals surface area (Å²) in [4.78, 5) is 7.88. The van der Waals surface area contributed by atoms with Gasteiger partial charge in [-0.2, -0.15) is 5.26 Å². The van der Waals surface area contributed by atoms with Gasteiger partial charge < -0.3 is 21.0 Å². The van der Waals surface area contributed by atoms with Crippen molar-refractivity contribution >= 4 is 29.3 Å². The van der Waals surface area contributed by atoms with Crippen LogP contribution in [0.4, 0.5) is 5.69 Å². The van der Waals surface area contributed by atoms with Crippen molar-refractivity contribution in [2.75, 3.05) is 19.4 Å². The number of aromatic amines is 1. The number of anilines is 1. The number of hydrogen-bond donors (Lipinski definition) is 4. The van der Waals surface area contributed by atoms with Crippen LogP contribution in [-0.4, -0.2) is 46.5 Å². The number of aromatic nitrogens is 4. The highest BCUT2D eigenvalue weighted by Gasteiger charge is 2.25. The van der Waals surface area contributed by atoms with E-state index in [-0.39, 0.29) is 5.57 Å². The fourth-order valence-corrected chi connectivity index (χ4v) is 5.07. The summed E-state index contributed by atoms with van der Waals surface area (Å²) in [6.07, 6.45) is 9.15. The fourth-order valence-electron chi connectivity index (χ4n) is 4.04. The maximum atomic E-state index is 9.01. The van der Waals surface area contributed by atoms with Crippen LogP contribution in [-0.2, 0) is 0 Å². The maximum absolute atomic E-state index is 9.01. The van der Waals surface area contributed by atoms with Gasteiger partial charge in [-0.05, 0) is 57.0 Å². The molecule has 1 aliphatic carbocycles. The molecule has 0 unspecified atom stereocenters. The number of nitriles is 1. The fraction of sp³-hybridized carbons (Fsp3) is 0.348. The minimum absolute atomic E-state index is 0.282. The van der Waals surface area contributed by atoms with Crippen LogP contribution in [0.3, 0.4) is 0 Å². The Hall–Kier alpha value is -3.35. The summed E-state index contributed by atoms with van der Waals surface area (Å²) in [7, 11) is 3.92. The zero-order chi connectivity index (χ0) is 22.5. The highest BCUT2D eigenvalue weighted by Crippen LogP contribution is 2.38. The molecule has 4 N–H and O–H groups in total. The third-order valence-corrected chi connectivity index (χ3v) is 7.03. The standard InChI is InChI=1S/C23H26N8S/c1-26-16-5-3-15(4-6-16)22-30-31-23(32-22)18-13-28-21(10-20(18)27-2)19-8-7-17(29-19)9-14(11-24)12-25/h7-11,13,15-16,24,26,29H,3-6H2,1-2H3,(H,27,28)/b14-9+,24-11?. The Labute approximate surface area is 191 Å². The van der Waals surface area contributed by atoms with Crippen molar-refractivity contribution in [2.24, 2.45) is 0 Å².